The second kappa shape index (κ2) is 7.19. The van der Waals surface area contributed by atoms with E-state index in [-0.39, 0.29) is 5.91 Å². The highest BCUT2D eigenvalue weighted by molar-refractivity contribution is 5.99. The molecular formula is C16H18N2O2. The number of nitrogens with one attached hydrogen (secondary N) is 2. The quantitative estimate of drug-likeness (QED) is 0.793. The maximum atomic E-state index is 12.0. The van der Waals surface area contributed by atoms with Crippen LogP contribution in [-0.2, 0) is 0 Å². The third-order valence-electron chi connectivity index (χ3n) is 2.84. The second-order valence-electron chi connectivity index (χ2n) is 4.21. The van der Waals surface area contributed by atoms with Crippen molar-refractivity contribution in [2.24, 2.45) is 0 Å². The van der Waals surface area contributed by atoms with Crippen LogP contribution in [0.1, 0.15) is 10.4 Å². The maximum Gasteiger partial charge on any atom is 0.253 e. The fourth-order valence-electron chi connectivity index (χ4n) is 1.84. The van der Waals surface area contributed by atoms with Gasteiger partial charge in [0.05, 0.1) is 12.1 Å². The first-order valence-electron chi connectivity index (χ1n) is 6.54. The van der Waals surface area contributed by atoms with E-state index in [1.165, 1.54) is 0 Å². The summed E-state index contributed by atoms with van der Waals surface area (Å²) in [7, 11) is 1.80. The van der Waals surface area contributed by atoms with E-state index in [0.717, 1.165) is 11.4 Å². The molecule has 0 atom stereocenters. The minimum absolute atomic E-state index is 0.105. The van der Waals surface area contributed by atoms with Crippen molar-refractivity contribution in [3.8, 4) is 5.75 Å². The fourth-order valence-corrected chi connectivity index (χ4v) is 1.84. The van der Waals surface area contributed by atoms with Gasteiger partial charge >= 0.3 is 0 Å². The topological polar surface area (TPSA) is 50.4 Å². The minimum atomic E-state index is -0.105. The van der Waals surface area contributed by atoms with Gasteiger partial charge in [0.1, 0.15) is 12.4 Å². The predicted molar refractivity (Wildman–Crippen MR) is 80.3 cm³/mol. The monoisotopic (exact) mass is 270 g/mol. The van der Waals surface area contributed by atoms with E-state index >= 15 is 0 Å². The van der Waals surface area contributed by atoms with Gasteiger partial charge in [0.15, 0.2) is 0 Å². The van der Waals surface area contributed by atoms with Crippen LogP contribution in [0.3, 0.4) is 0 Å². The number of carbonyl (C=O) groups is 1. The highest BCUT2D eigenvalue weighted by atomic mass is 16.5. The summed E-state index contributed by atoms with van der Waals surface area (Å²) in [5, 5.41) is 5.84. The lowest BCUT2D eigenvalue weighted by atomic mass is 10.1. The first-order valence-corrected chi connectivity index (χ1v) is 6.54. The van der Waals surface area contributed by atoms with E-state index in [1.807, 2.05) is 48.5 Å². The first kappa shape index (κ1) is 13.9. The van der Waals surface area contributed by atoms with Crippen molar-refractivity contribution in [3.05, 3.63) is 60.2 Å². The summed E-state index contributed by atoms with van der Waals surface area (Å²) >= 11 is 0. The highest BCUT2D eigenvalue weighted by Gasteiger charge is 2.08. The van der Waals surface area contributed by atoms with Gasteiger partial charge in [-0.1, -0.05) is 30.3 Å². The van der Waals surface area contributed by atoms with Crippen molar-refractivity contribution in [1.29, 1.82) is 0 Å². The molecule has 0 aliphatic rings. The minimum Gasteiger partial charge on any atom is -0.492 e. The number of hydrogen-bond donors (Lipinski definition) is 2. The van der Waals surface area contributed by atoms with Gasteiger partial charge < -0.3 is 15.4 Å². The van der Waals surface area contributed by atoms with Crippen molar-refractivity contribution in [3.63, 3.8) is 0 Å². The summed E-state index contributed by atoms with van der Waals surface area (Å²) in [5.41, 5.74) is 1.45. The Morgan fingerprint density at radius 2 is 1.75 bits per heavy atom. The molecule has 2 aromatic rings. The Labute approximate surface area is 118 Å². The Morgan fingerprint density at radius 1 is 1.05 bits per heavy atom. The molecule has 0 heterocycles. The molecule has 0 saturated carbocycles. The largest absolute Gasteiger partial charge is 0.492 e. The number of amides is 1. The van der Waals surface area contributed by atoms with Crippen molar-refractivity contribution in [1.82, 2.24) is 5.32 Å². The Bertz CT molecular complexity index is 555. The van der Waals surface area contributed by atoms with Gasteiger partial charge in [0, 0.05) is 12.7 Å². The first-order chi connectivity index (χ1) is 9.81. The Kier molecular flexibility index (Phi) is 5.00. The zero-order chi connectivity index (χ0) is 14.2. The van der Waals surface area contributed by atoms with Gasteiger partial charge in [-0.2, -0.15) is 0 Å². The van der Waals surface area contributed by atoms with E-state index in [4.69, 9.17) is 4.74 Å². The fraction of sp³-hybridized carbons (Fsp3) is 0.188. The van der Waals surface area contributed by atoms with Gasteiger partial charge in [-0.05, 0) is 24.3 Å². The summed E-state index contributed by atoms with van der Waals surface area (Å²) < 4.78 is 5.52. The van der Waals surface area contributed by atoms with Crippen LogP contribution in [0.2, 0.25) is 0 Å². The molecule has 4 nitrogen and oxygen atoms in total. The standard InChI is InChI=1S/C16H18N2O2/c1-17-15-10-6-5-9-14(15)16(19)18-11-12-20-13-7-3-2-4-8-13/h2-10,17H,11-12H2,1H3,(H,18,19). The van der Waals surface area contributed by atoms with Crippen molar-refractivity contribution < 1.29 is 9.53 Å². The molecule has 1 amide bonds. The van der Waals surface area contributed by atoms with E-state index in [1.54, 1.807) is 13.1 Å². The molecule has 0 aliphatic carbocycles. The summed E-state index contributed by atoms with van der Waals surface area (Å²) in [6.07, 6.45) is 0. The molecule has 0 fully saturated rings. The molecule has 0 radical (unpaired) electrons. The Morgan fingerprint density at radius 3 is 2.50 bits per heavy atom. The van der Waals surface area contributed by atoms with E-state index < -0.39 is 0 Å². The maximum absolute atomic E-state index is 12.0. The van der Waals surface area contributed by atoms with Crippen LogP contribution in [0.5, 0.6) is 5.75 Å². The number of ether oxygens (including phenoxy) is 1. The van der Waals surface area contributed by atoms with Crippen LogP contribution in [0.25, 0.3) is 0 Å². The number of rotatable bonds is 6. The molecule has 2 aromatic carbocycles. The molecule has 2 N–H and O–H groups in total. The number of benzene rings is 2. The average molecular weight is 270 g/mol. The molecule has 0 aliphatic heterocycles. The van der Waals surface area contributed by atoms with Crippen molar-refractivity contribution in [2.45, 2.75) is 0 Å². The number of para-hydroxylation sites is 2. The van der Waals surface area contributed by atoms with Crippen molar-refractivity contribution >= 4 is 11.6 Å². The number of hydrogen-bond acceptors (Lipinski definition) is 3. The SMILES string of the molecule is CNc1ccccc1C(=O)NCCOc1ccccc1. The predicted octanol–water partition coefficient (Wildman–Crippen LogP) is 2.54. The Balaban J connectivity index is 1.81. The van der Waals surface area contributed by atoms with Crippen LogP contribution in [0.15, 0.2) is 54.6 Å². The normalized spacial score (nSPS) is 9.85. The lowest BCUT2D eigenvalue weighted by Crippen LogP contribution is -2.28. The second-order valence-corrected chi connectivity index (χ2v) is 4.21. The van der Waals surface area contributed by atoms with Gasteiger partial charge in [0.2, 0.25) is 0 Å². The third-order valence-corrected chi connectivity index (χ3v) is 2.84. The summed E-state index contributed by atoms with van der Waals surface area (Å²) in [4.78, 5) is 12.0. The van der Waals surface area contributed by atoms with E-state index in [0.29, 0.717) is 18.7 Å². The molecule has 0 aromatic heterocycles. The average Bonchev–Trinajstić information content (AvgIpc) is 2.52. The van der Waals surface area contributed by atoms with Crippen LogP contribution in [-0.4, -0.2) is 26.1 Å². The van der Waals surface area contributed by atoms with Crippen LogP contribution in [0, 0.1) is 0 Å². The smallest absolute Gasteiger partial charge is 0.253 e. The summed E-state index contributed by atoms with van der Waals surface area (Å²) in [6, 6.07) is 16.9. The zero-order valence-corrected chi connectivity index (χ0v) is 11.4. The van der Waals surface area contributed by atoms with E-state index in [9.17, 15) is 4.79 Å². The summed E-state index contributed by atoms with van der Waals surface area (Å²) in [5.74, 6) is 0.698. The number of anilines is 1. The lowest BCUT2D eigenvalue weighted by molar-refractivity contribution is 0.0948. The zero-order valence-electron chi connectivity index (χ0n) is 11.4. The molecule has 0 bridgehead atoms. The molecule has 0 spiro atoms. The summed E-state index contributed by atoms with van der Waals surface area (Å²) in [6.45, 7) is 0.906. The molecule has 20 heavy (non-hydrogen) atoms. The van der Waals surface area contributed by atoms with Gasteiger partial charge in [-0.15, -0.1) is 0 Å². The Hall–Kier alpha value is -2.49. The lowest BCUT2D eigenvalue weighted by Gasteiger charge is -2.10. The van der Waals surface area contributed by atoms with Crippen LogP contribution < -0.4 is 15.4 Å². The molecule has 104 valence electrons. The molecule has 0 saturated heterocycles. The number of carbonyl (C=O) groups excluding carboxylic acids is 1. The molecular weight excluding hydrogens is 252 g/mol. The molecule has 4 heteroatoms. The van der Waals surface area contributed by atoms with Gasteiger partial charge in [-0.25, -0.2) is 0 Å². The van der Waals surface area contributed by atoms with Gasteiger partial charge in [0.25, 0.3) is 5.91 Å². The van der Waals surface area contributed by atoms with Crippen LogP contribution in [0.4, 0.5) is 5.69 Å². The van der Waals surface area contributed by atoms with Crippen molar-refractivity contribution in [2.75, 3.05) is 25.5 Å². The van der Waals surface area contributed by atoms with Crippen LogP contribution >= 0.6 is 0 Å². The molecule has 0 unspecified atom stereocenters. The van der Waals surface area contributed by atoms with E-state index in [2.05, 4.69) is 10.6 Å². The molecule has 2 rings (SSSR count). The third kappa shape index (κ3) is 3.75. The van der Waals surface area contributed by atoms with Gasteiger partial charge in [-0.3, -0.25) is 4.79 Å². The highest BCUT2D eigenvalue weighted by Crippen LogP contribution is 2.13.